The minimum absolute atomic E-state index is 0.00419. The zero-order valence-electron chi connectivity index (χ0n) is 9.71. The minimum atomic E-state index is -0.00419. The first kappa shape index (κ1) is 12.6. The van der Waals surface area contributed by atoms with E-state index >= 15 is 0 Å². The number of carbonyl (C=O) groups is 1. The third-order valence-corrected chi connectivity index (χ3v) is 3.75. The number of carbonyl (C=O) groups excluding carboxylic acids is 1. The van der Waals surface area contributed by atoms with E-state index in [1.807, 2.05) is 24.3 Å². The number of hydrogen-bond acceptors (Lipinski definition) is 2. The van der Waals surface area contributed by atoms with Gasteiger partial charge in [-0.05, 0) is 53.9 Å². The van der Waals surface area contributed by atoms with Crippen molar-refractivity contribution in [2.75, 3.05) is 13.1 Å². The van der Waals surface area contributed by atoms with Crippen LogP contribution in [0.2, 0.25) is 0 Å². The first-order valence-electron chi connectivity index (χ1n) is 6.03. The van der Waals surface area contributed by atoms with Crippen molar-refractivity contribution in [2.24, 2.45) is 0 Å². The van der Waals surface area contributed by atoms with E-state index < -0.39 is 0 Å². The van der Waals surface area contributed by atoms with Crippen molar-refractivity contribution >= 4 is 21.8 Å². The first-order valence-corrected chi connectivity index (χ1v) is 6.83. The fourth-order valence-electron chi connectivity index (χ4n) is 2.10. The molecule has 1 fully saturated rings. The quantitative estimate of drug-likeness (QED) is 0.895. The number of hydrogen-bond donors (Lipinski definition) is 2. The molecule has 2 rings (SSSR count). The van der Waals surface area contributed by atoms with Crippen LogP contribution in [0.5, 0.6) is 0 Å². The van der Waals surface area contributed by atoms with Crippen LogP contribution >= 0.6 is 15.9 Å². The first-order chi connectivity index (χ1) is 8.27. The summed E-state index contributed by atoms with van der Waals surface area (Å²) in [6.07, 6.45) is 3.49. The summed E-state index contributed by atoms with van der Waals surface area (Å²) >= 11 is 3.38. The Morgan fingerprint density at radius 3 is 3.00 bits per heavy atom. The largest absolute Gasteiger partial charge is 0.352 e. The van der Waals surface area contributed by atoms with Crippen LogP contribution in [0.3, 0.4) is 0 Å². The van der Waals surface area contributed by atoms with E-state index in [0.29, 0.717) is 11.6 Å². The Morgan fingerprint density at radius 2 is 2.29 bits per heavy atom. The second-order valence-corrected chi connectivity index (χ2v) is 5.17. The summed E-state index contributed by atoms with van der Waals surface area (Å²) in [5.74, 6) is -0.00419. The van der Waals surface area contributed by atoms with Gasteiger partial charge in [0.25, 0.3) is 5.91 Å². The summed E-state index contributed by atoms with van der Waals surface area (Å²) in [6.45, 7) is 1.85. The highest BCUT2D eigenvalue weighted by Gasteiger charge is 2.14. The lowest BCUT2D eigenvalue weighted by Gasteiger charge is -2.11. The summed E-state index contributed by atoms with van der Waals surface area (Å²) in [5.41, 5.74) is 0.701. The molecule has 1 aliphatic heterocycles. The van der Waals surface area contributed by atoms with Gasteiger partial charge in [-0.15, -0.1) is 0 Å². The maximum Gasteiger partial charge on any atom is 0.252 e. The molecule has 1 saturated heterocycles. The summed E-state index contributed by atoms with van der Waals surface area (Å²) < 4.78 is 0.844. The summed E-state index contributed by atoms with van der Waals surface area (Å²) in [7, 11) is 0. The van der Waals surface area contributed by atoms with Crippen LogP contribution in [0.1, 0.15) is 29.6 Å². The molecule has 0 aromatic heterocycles. The van der Waals surface area contributed by atoms with Crippen LogP contribution in [0.15, 0.2) is 28.7 Å². The predicted molar refractivity (Wildman–Crippen MR) is 72.1 cm³/mol. The highest BCUT2D eigenvalue weighted by Crippen LogP contribution is 2.15. The highest BCUT2D eigenvalue weighted by atomic mass is 79.9. The van der Waals surface area contributed by atoms with Crippen molar-refractivity contribution in [3.63, 3.8) is 0 Å². The zero-order valence-corrected chi connectivity index (χ0v) is 11.3. The molecular weight excluding hydrogens is 280 g/mol. The lowest BCUT2D eigenvalue weighted by Crippen LogP contribution is -2.30. The van der Waals surface area contributed by atoms with E-state index in [2.05, 4.69) is 26.6 Å². The molecule has 1 amide bonds. The monoisotopic (exact) mass is 296 g/mol. The van der Waals surface area contributed by atoms with Crippen LogP contribution in [-0.2, 0) is 0 Å². The molecule has 1 aliphatic rings. The van der Waals surface area contributed by atoms with Gasteiger partial charge in [-0.1, -0.05) is 12.1 Å². The minimum Gasteiger partial charge on any atom is -0.352 e. The Kier molecular flexibility index (Phi) is 4.57. The van der Waals surface area contributed by atoms with Gasteiger partial charge in [-0.2, -0.15) is 0 Å². The Hall–Kier alpha value is -0.870. The molecule has 0 radical (unpaired) electrons. The molecule has 17 heavy (non-hydrogen) atoms. The van der Waals surface area contributed by atoms with Crippen molar-refractivity contribution in [3.05, 3.63) is 34.3 Å². The number of rotatable bonds is 4. The molecule has 1 heterocycles. The normalized spacial score (nSPS) is 19.2. The van der Waals surface area contributed by atoms with Crippen molar-refractivity contribution < 1.29 is 4.79 Å². The second kappa shape index (κ2) is 6.17. The molecule has 0 spiro atoms. The van der Waals surface area contributed by atoms with E-state index in [-0.39, 0.29) is 5.91 Å². The number of halogens is 1. The molecule has 0 saturated carbocycles. The lowest BCUT2D eigenvalue weighted by molar-refractivity contribution is 0.0951. The van der Waals surface area contributed by atoms with Crippen molar-refractivity contribution in [3.8, 4) is 0 Å². The molecule has 1 aromatic carbocycles. The summed E-state index contributed by atoms with van der Waals surface area (Å²) in [5, 5.41) is 6.38. The van der Waals surface area contributed by atoms with Gasteiger partial charge >= 0.3 is 0 Å². The molecule has 3 nitrogen and oxygen atoms in total. The van der Waals surface area contributed by atoms with Gasteiger partial charge in [-0.3, -0.25) is 4.79 Å². The number of benzene rings is 1. The van der Waals surface area contributed by atoms with E-state index in [0.717, 1.165) is 24.0 Å². The van der Waals surface area contributed by atoms with Gasteiger partial charge in [0.1, 0.15) is 0 Å². The van der Waals surface area contributed by atoms with E-state index in [4.69, 9.17) is 0 Å². The van der Waals surface area contributed by atoms with Gasteiger partial charge in [0.15, 0.2) is 0 Å². The molecular formula is C13H17BrN2O. The molecule has 1 aromatic rings. The van der Waals surface area contributed by atoms with Gasteiger partial charge < -0.3 is 10.6 Å². The van der Waals surface area contributed by atoms with E-state index in [9.17, 15) is 4.79 Å². The molecule has 0 aliphatic carbocycles. The smallest absolute Gasteiger partial charge is 0.252 e. The molecule has 2 N–H and O–H groups in total. The van der Waals surface area contributed by atoms with Crippen molar-refractivity contribution in [1.29, 1.82) is 0 Å². The maximum atomic E-state index is 11.9. The summed E-state index contributed by atoms with van der Waals surface area (Å²) in [6, 6.07) is 8.07. The number of nitrogens with one attached hydrogen (secondary N) is 2. The van der Waals surface area contributed by atoms with Crippen LogP contribution in [-0.4, -0.2) is 25.0 Å². The molecule has 0 unspecified atom stereocenters. The highest BCUT2D eigenvalue weighted by molar-refractivity contribution is 9.10. The van der Waals surface area contributed by atoms with Crippen molar-refractivity contribution in [1.82, 2.24) is 10.6 Å². The standard InChI is InChI=1S/C13H17BrN2O/c14-12-6-2-1-5-11(12)13(17)16-9-7-10-4-3-8-15-10/h1-2,5-6,10,15H,3-4,7-9H2,(H,16,17)/t10-/m0/s1. The van der Waals surface area contributed by atoms with Gasteiger partial charge in [0.2, 0.25) is 0 Å². The van der Waals surface area contributed by atoms with Crippen LogP contribution in [0.4, 0.5) is 0 Å². The maximum absolute atomic E-state index is 11.9. The fourth-order valence-corrected chi connectivity index (χ4v) is 2.57. The zero-order chi connectivity index (χ0) is 12.1. The predicted octanol–water partition coefficient (Wildman–Crippen LogP) is 2.32. The molecule has 92 valence electrons. The van der Waals surface area contributed by atoms with Gasteiger partial charge in [-0.25, -0.2) is 0 Å². The van der Waals surface area contributed by atoms with Crippen LogP contribution in [0.25, 0.3) is 0 Å². The third kappa shape index (κ3) is 3.54. The Labute approximate surface area is 110 Å². The Morgan fingerprint density at radius 1 is 1.47 bits per heavy atom. The van der Waals surface area contributed by atoms with Crippen molar-refractivity contribution in [2.45, 2.75) is 25.3 Å². The Bertz CT molecular complexity index is 389. The average Bonchev–Trinajstić information content (AvgIpc) is 2.82. The Balaban J connectivity index is 1.79. The molecule has 4 heteroatoms. The van der Waals surface area contributed by atoms with Crippen LogP contribution < -0.4 is 10.6 Å². The molecule has 1 atom stereocenters. The fraction of sp³-hybridized carbons (Fsp3) is 0.462. The SMILES string of the molecule is O=C(NCC[C@@H]1CCCN1)c1ccccc1Br. The topological polar surface area (TPSA) is 41.1 Å². The van der Waals surface area contributed by atoms with E-state index in [1.54, 1.807) is 0 Å². The summed E-state index contributed by atoms with van der Waals surface area (Å²) in [4.78, 5) is 11.9. The lowest BCUT2D eigenvalue weighted by atomic mass is 10.1. The molecule has 0 bridgehead atoms. The van der Waals surface area contributed by atoms with Gasteiger partial charge in [0.05, 0.1) is 5.56 Å². The van der Waals surface area contributed by atoms with Crippen LogP contribution in [0, 0.1) is 0 Å². The van der Waals surface area contributed by atoms with E-state index in [1.165, 1.54) is 12.8 Å². The average molecular weight is 297 g/mol. The third-order valence-electron chi connectivity index (χ3n) is 3.06. The number of amides is 1. The van der Waals surface area contributed by atoms with Gasteiger partial charge in [0, 0.05) is 17.1 Å². The second-order valence-electron chi connectivity index (χ2n) is 4.32.